The lowest BCUT2D eigenvalue weighted by atomic mass is 10.0. The Balaban J connectivity index is 0.00000420. The summed E-state index contributed by atoms with van der Waals surface area (Å²) in [5.41, 5.74) is 0.779. The quantitative estimate of drug-likeness (QED) is 0.317. The second kappa shape index (κ2) is 11.5. The van der Waals surface area contributed by atoms with Crippen LogP contribution in [0.5, 0.6) is 0 Å². The number of piperazine rings is 1. The van der Waals surface area contributed by atoms with Crippen LogP contribution in [0.3, 0.4) is 0 Å². The van der Waals surface area contributed by atoms with Crippen LogP contribution >= 0.6 is 24.0 Å². The highest BCUT2D eigenvalue weighted by Crippen LogP contribution is 2.25. The number of sulfonamides is 1. The number of halogens is 1. The highest BCUT2D eigenvalue weighted by Gasteiger charge is 2.27. The van der Waals surface area contributed by atoms with E-state index in [0.29, 0.717) is 12.6 Å². The molecule has 7 nitrogen and oxygen atoms in total. The van der Waals surface area contributed by atoms with Crippen LogP contribution in [0.4, 0.5) is 0 Å². The van der Waals surface area contributed by atoms with Gasteiger partial charge in [0.2, 0.25) is 10.0 Å². The zero-order valence-electron chi connectivity index (χ0n) is 18.2. The third kappa shape index (κ3) is 8.39. The zero-order valence-corrected chi connectivity index (χ0v) is 21.3. The van der Waals surface area contributed by atoms with E-state index >= 15 is 0 Å². The van der Waals surface area contributed by atoms with Gasteiger partial charge in [-0.05, 0) is 25.8 Å². The van der Waals surface area contributed by atoms with Crippen molar-refractivity contribution in [1.29, 1.82) is 0 Å². The first-order chi connectivity index (χ1) is 13.1. The summed E-state index contributed by atoms with van der Waals surface area (Å²) in [6.45, 7) is 10.1. The van der Waals surface area contributed by atoms with Crippen molar-refractivity contribution in [3.63, 3.8) is 0 Å². The van der Waals surface area contributed by atoms with E-state index in [1.54, 1.807) is 7.05 Å². The SMILES string of the molecule is CCC(c1ccccc1)N1CCN(C(=NC)NCC(C)(C)NS(C)(=O)=O)CC1.I. The van der Waals surface area contributed by atoms with E-state index < -0.39 is 15.6 Å². The molecule has 2 N–H and O–H groups in total. The molecule has 29 heavy (non-hydrogen) atoms. The summed E-state index contributed by atoms with van der Waals surface area (Å²) in [7, 11) is -1.49. The van der Waals surface area contributed by atoms with Gasteiger partial charge in [0.25, 0.3) is 0 Å². The molecule has 9 heteroatoms. The zero-order chi connectivity index (χ0) is 20.8. The van der Waals surface area contributed by atoms with E-state index in [-0.39, 0.29) is 24.0 Å². The average molecular weight is 538 g/mol. The van der Waals surface area contributed by atoms with Gasteiger partial charge in [0, 0.05) is 51.4 Å². The third-order valence-corrected chi connectivity index (χ3v) is 5.91. The second-order valence-electron chi connectivity index (χ2n) is 8.02. The van der Waals surface area contributed by atoms with E-state index in [0.717, 1.165) is 38.6 Å². The first kappa shape index (κ1) is 26.1. The fourth-order valence-corrected chi connectivity index (χ4v) is 4.87. The van der Waals surface area contributed by atoms with Crippen LogP contribution in [0.2, 0.25) is 0 Å². The van der Waals surface area contributed by atoms with Crippen molar-refractivity contribution in [2.45, 2.75) is 38.8 Å². The fourth-order valence-electron chi connectivity index (χ4n) is 3.80. The minimum absolute atomic E-state index is 0. The van der Waals surface area contributed by atoms with Crippen LogP contribution in [0.1, 0.15) is 38.8 Å². The van der Waals surface area contributed by atoms with Crippen LogP contribution in [0.25, 0.3) is 0 Å². The van der Waals surface area contributed by atoms with Gasteiger partial charge in [-0.15, -0.1) is 24.0 Å². The third-order valence-electron chi connectivity index (χ3n) is 4.99. The lowest BCUT2D eigenvalue weighted by molar-refractivity contribution is 0.126. The predicted molar refractivity (Wildman–Crippen MR) is 131 cm³/mol. The normalized spacial score (nSPS) is 17.6. The predicted octanol–water partition coefficient (Wildman–Crippen LogP) is 2.28. The molecule has 2 rings (SSSR count). The largest absolute Gasteiger partial charge is 0.354 e. The van der Waals surface area contributed by atoms with E-state index in [1.807, 2.05) is 13.8 Å². The van der Waals surface area contributed by atoms with Crippen LogP contribution in [0, 0.1) is 0 Å². The van der Waals surface area contributed by atoms with Gasteiger partial charge in [0.15, 0.2) is 5.96 Å². The fraction of sp³-hybridized carbons (Fsp3) is 0.650. The minimum atomic E-state index is -3.26. The number of hydrogen-bond donors (Lipinski definition) is 2. The Kier molecular flexibility index (Phi) is 10.3. The molecule has 0 amide bonds. The second-order valence-corrected chi connectivity index (χ2v) is 9.77. The van der Waals surface area contributed by atoms with Crippen molar-refractivity contribution in [3.05, 3.63) is 35.9 Å². The summed E-state index contributed by atoms with van der Waals surface area (Å²) in [6.07, 6.45) is 2.27. The van der Waals surface area contributed by atoms with Crippen molar-refractivity contribution < 1.29 is 8.42 Å². The Hall–Kier alpha value is -0.910. The highest BCUT2D eigenvalue weighted by atomic mass is 127. The van der Waals surface area contributed by atoms with Crippen LogP contribution in [0.15, 0.2) is 35.3 Å². The Bertz CT molecular complexity index is 747. The summed E-state index contributed by atoms with van der Waals surface area (Å²) >= 11 is 0. The molecule has 0 aliphatic carbocycles. The Morgan fingerprint density at radius 2 is 1.76 bits per heavy atom. The molecule has 1 aromatic rings. The monoisotopic (exact) mass is 537 g/mol. The molecule has 0 bridgehead atoms. The maximum absolute atomic E-state index is 11.5. The Labute approximate surface area is 193 Å². The van der Waals surface area contributed by atoms with Crippen molar-refractivity contribution in [3.8, 4) is 0 Å². The average Bonchev–Trinajstić information content (AvgIpc) is 2.63. The molecule has 0 spiro atoms. The van der Waals surface area contributed by atoms with Crippen molar-refractivity contribution in [1.82, 2.24) is 19.8 Å². The van der Waals surface area contributed by atoms with Crippen LogP contribution in [-0.4, -0.2) is 75.7 Å². The molecule has 1 unspecified atom stereocenters. The Morgan fingerprint density at radius 3 is 2.24 bits per heavy atom. The topological polar surface area (TPSA) is 77.0 Å². The molecule has 1 aliphatic heterocycles. The smallest absolute Gasteiger partial charge is 0.209 e. The lowest BCUT2D eigenvalue weighted by Crippen LogP contribution is -2.57. The molecule has 1 aliphatic rings. The van der Waals surface area contributed by atoms with E-state index in [2.05, 4.69) is 62.1 Å². The van der Waals surface area contributed by atoms with Gasteiger partial charge in [0.1, 0.15) is 0 Å². The molecule has 166 valence electrons. The molecule has 0 aromatic heterocycles. The summed E-state index contributed by atoms with van der Waals surface area (Å²) < 4.78 is 25.7. The number of benzene rings is 1. The molecule has 1 saturated heterocycles. The molecule has 1 fully saturated rings. The first-order valence-electron chi connectivity index (χ1n) is 9.89. The highest BCUT2D eigenvalue weighted by molar-refractivity contribution is 14.0. The van der Waals surface area contributed by atoms with Gasteiger partial charge in [-0.3, -0.25) is 9.89 Å². The molecule has 0 radical (unpaired) electrons. The van der Waals surface area contributed by atoms with Gasteiger partial charge in [-0.1, -0.05) is 37.3 Å². The molecule has 1 aromatic carbocycles. The standard InChI is InChI=1S/C20H35N5O2S.HI/c1-6-18(17-10-8-7-9-11-17)24-12-14-25(15-13-24)19(21-4)22-16-20(2,3)23-28(5,26)27;/h7-11,18,23H,6,12-16H2,1-5H3,(H,21,22);1H. The first-order valence-corrected chi connectivity index (χ1v) is 11.8. The van der Waals surface area contributed by atoms with Crippen molar-refractivity contribution in [2.24, 2.45) is 4.99 Å². The number of rotatable bonds is 7. The van der Waals surface area contributed by atoms with Crippen molar-refractivity contribution >= 4 is 40.0 Å². The number of nitrogens with one attached hydrogen (secondary N) is 2. The number of guanidine groups is 1. The van der Waals surface area contributed by atoms with Crippen LogP contribution < -0.4 is 10.0 Å². The molecule has 1 atom stereocenters. The van der Waals surface area contributed by atoms with Crippen LogP contribution in [-0.2, 0) is 10.0 Å². The van der Waals surface area contributed by atoms with Gasteiger partial charge in [0.05, 0.1) is 6.26 Å². The minimum Gasteiger partial charge on any atom is -0.354 e. The Morgan fingerprint density at radius 1 is 1.17 bits per heavy atom. The maximum Gasteiger partial charge on any atom is 0.209 e. The summed E-state index contributed by atoms with van der Waals surface area (Å²) in [6, 6.07) is 11.1. The van der Waals surface area contributed by atoms with Gasteiger partial charge >= 0.3 is 0 Å². The van der Waals surface area contributed by atoms with E-state index in [4.69, 9.17) is 0 Å². The maximum atomic E-state index is 11.5. The summed E-state index contributed by atoms with van der Waals surface area (Å²) in [5, 5.41) is 3.32. The van der Waals surface area contributed by atoms with E-state index in [1.165, 1.54) is 11.8 Å². The van der Waals surface area contributed by atoms with Gasteiger partial charge in [-0.25, -0.2) is 13.1 Å². The molecular weight excluding hydrogens is 501 g/mol. The number of hydrogen-bond acceptors (Lipinski definition) is 4. The number of aliphatic imine (C=N–C) groups is 1. The van der Waals surface area contributed by atoms with E-state index in [9.17, 15) is 8.42 Å². The molecular formula is C20H36IN5O2S. The van der Waals surface area contributed by atoms with Crippen molar-refractivity contribution in [2.75, 3.05) is 46.0 Å². The van der Waals surface area contributed by atoms with Gasteiger partial charge in [-0.2, -0.15) is 0 Å². The number of nitrogens with zero attached hydrogens (tertiary/aromatic N) is 3. The summed E-state index contributed by atoms with van der Waals surface area (Å²) in [5.74, 6) is 0.816. The molecule has 0 saturated carbocycles. The molecule has 1 heterocycles. The summed E-state index contributed by atoms with van der Waals surface area (Å²) in [4.78, 5) is 9.17. The van der Waals surface area contributed by atoms with Gasteiger partial charge < -0.3 is 10.2 Å². The lowest BCUT2D eigenvalue weighted by Gasteiger charge is -2.41.